The van der Waals surface area contributed by atoms with E-state index >= 15 is 0 Å². The summed E-state index contributed by atoms with van der Waals surface area (Å²) in [6, 6.07) is 0. The van der Waals surface area contributed by atoms with Gasteiger partial charge in [-0.1, -0.05) is 37.5 Å². The number of fused-ring (bicyclic) bond motifs is 1. The molecule has 0 aromatic rings. The van der Waals surface area contributed by atoms with Crippen LogP contribution in [0.1, 0.15) is 53.4 Å². The van der Waals surface area contributed by atoms with Gasteiger partial charge < -0.3 is 5.11 Å². The van der Waals surface area contributed by atoms with Gasteiger partial charge in [-0.05, 0) is 50.0 Å². The van der Waals surface area contributed by atoms with Gasteiger partial charge in [-0.2, -0.15) is 0 Å². The van der Waals surface area contributed by atoms with Crippen LogP contribution < -0.4 is 0 Å². The fourth-order valence-corrected chi connectivity index (χ4v) is 3.51. The van der Waals surface area contributed by atoms with Crippen molar-refractivity contribution < 1.29 is 5.11 Å². The SMILES string of the molecule is CC(C)=C1C=C2[C@H](C)CCC[C@]2(C)C[C@H]1O. The lowest BCUT2D eigenvalue weighted by molar-refractivity contribution is 0.118. The van der Waals surface area contributed by atoms with Gasteiger partial charge in [-0.25, -0.2) is 0 Å². The van der Waals surface area contributed by atoms with Gasteiger partial charge in [0.05, 0.1) is 6.10 Å². The first-order chi connectivity index (χ1) is 7.44. The summed E-state index contributed by atoms with van der Waals surface area (Å²) in [6.07, 6.45) is 6.84. The molecule has 1 saturated carbocycles. The first-order valence-electron chi connectivity index (χ1n) is 6.51. The number of aliphatic hydroxyl groups is 1. The van der Waals surface area contributed by atoms with E-state index in [0.717, 1.165) is 6.42 Å². The monoisotopic (exact) mass is 220 g/mol. The first-order valence-corrected chi connectivity index (χ1v) is 6.51. The number of hydrogen-bond acceptors (Lipinski definition) is 1. The molecule has 2 rings (SSSR count). The number of rotatable bonds is 0. The molecule has 0 aromatic heterocycles. The lowest BCUT2D eigenvalue weighted by atomic mass is 9.61. The topological polar surface area (TPSA) is 20.2 Å². The van der Waals surface area contributed by atoms with Gasteiger partial charge in [0.25, 0.3) is 0 Å². The van der Waals surface area contributed by atoms with Crippen LogP contribution in [0.15, 0.2) is 22.8 Å². The molecule has 0 heterocycles. The van der Waals surface area contributed by atoms with Crippen LogP contribution in [0, 0.1) is 11.3 Å². The zero-order chi connectivity index (χ0) is 11.9. The maximum atomic E-state index is 10.2. The Labute approximate surface area is 99.3 Å². The third-order valence-electron chi connectivity index (χ3n) is 4.48. The molecular weight excluding hydrogens is 196 g/mol. The molecule has 0 amide bonds. The molecule has 90 valence electrons. The number of allylic oxidation sites excluding steroid dienone is 2. The van der Waals surface area contributed by atoms with Gasteiger partial charge in [0.1, 0.15) is 0 Å². The second-order valence-corrected chi connectivity index (χ2v) is 6.13. The van der Waals surface area contributed by atoms with Crippen molar-refractivity contribution in [2.75, 3.05) is 0 Å². The van der Waals surface area contributed by atoms with Crippen molar-refractivity contribution in [1.82, 2.24) is 0 Å². The zero-order valence-corrected chi connectivity index (χ0v) is 11.0. The molecule has 1 heteroatoms. The van der Waals surface area contributed by atoms with E-state index in [0.29, 0.717) is 5.92 Å². The second kappa shape index (κ2) is 4.03. The molecule has 0 spiro atoms. The van der Waals surface area contributed by atoms with Crippen molar-refractivity contribution in [1.29, 1.82) is 0 Å². The molecular formula is C15H24O. The van der Waals surface area contributed by atoms with Gasteiger partial charge in [0.2, 0.25) is 0 Å². The molecule has 2 aliphatic carbocycles. The van der Waals surface area contributed by atoms with Crippen LogP contribution in [-0.4, -0.2) is 11.2 Å². The third kappa shape index (κ3) is 1.86. The van der Waals surface area contributed by atoms with E-state index in [1.54, 1.807) is 5.57 Å². The Morgan fingerprint density at radius 2 is 2.12 bits per heavy atom. The van der Waals surface area contributed by atoms with E-state index in [1.165, 1.54) is 30.4 Å². The molecule has 0 aromatic carbocycles. The van der Waals surface area contributed by atoms with Gasteiger partial charge in [-0.3, -0.25) is 0 Å². The van der Waals surface area contributed by atoms with Crippen LogP contribution >= 0.6 is 0 Å². The van der Waals surface area contributed by atoms with Crippen molar-refractivity contribution in [3.05, 3.63) is 22.8 Å². The van der Waals surface area contributed by atoms with Crippen LogP contribution in [0.2, 0.25) is 0 Å². The fraction of sp³-hybridized carbons (Fsp3) is 0.733. The number of hydrogen-bond donors (Lipinski definition) is 1. The summed E-state index contributed by atoms with van der Waals surface area (Å²) in [7, 11) is 0. The maximum absolute atomic E-state index is 10.2. The molecule has 3 atom stereocenters. The summed E-state index contributed by atoms with van der Waals surface area (Å²) >= 11 is 0. The molecule has 0 unspecified atom stereocenters. The molecule has 1 fully saturated rings. The third-order valence-corrected chi connectivity index (χ3v) is 4.48. The predicted molar refractivity (Wildman–Crippen MR) is 68.2 cm³/mol. The van der Waals surface area contributed by atoms with E-state index < -0.39 is 0 Å². The lowest BCUT2D eigenvalue weighted by Crippen LogP contribution is -2.36. The molecule has 2 aliphatic rings. The smallest absolute Gasteiger partial charge is 0.0797 e. The minimum atomic E-state index is -0.246. The summed E-state index contributed by atoms with van der Waals surface area (Å²) in [5, 5.41) is 10.2. The van der Waals surface area contributed by atoms with Crippen LogP contribution in [0.25, 0.3) is 0 Å². The molecule has 0 saturated heterocycles. The van der Waals surface area contributed by atoms with Crippen LogP contribution in [0.3, 0.4) is 0 Å². The van der Waals surface area contributed by atoms with Crippen LogP contribution in [-0.2, 0) is 0 Å². The van der Waals surface area contributed by atoms with Crippen molar-refractivity contribution in [2.45, 2.75) is 59.5 Å². The van der Waals surface area contributed by atoms with E-state index in [1.807, 2.05) is 0 Å². The summed E-state index contributed by atoms with van der Waals surface area (Å²) in [5.74, 6) is 0.695. The Kier molecular flexibility index (Phi) is 3.00. The van der Waals surface area contributed by atoms with Crippen LogP contribution in [0.4, 0.5) is 0 Å². The van der Waals surface area contributed by atoms with Gasteiger partial charge in [0.15, 0.2) is 0 Å². The van der Waals surface area contributed by atoms with Gasteiger partial charge >= 0.3 is 0 Å². The average Bonchev–Trinajstić information content (AvgIpc) is 2.15. The molecule has 0 aliphatic heterocycles. The molecule has 1 nitrogen and oxygen atoms in total. The second-order valence-electron chi connectivity index (χ2n) is 6.13. The standard InChI is InChI=1S/C15H24O/c1-10(2)12-8-13-11(3)6-5-7-15(13,4)9-14(12)16/h8,11,14,16H,5-7,9H2,1-4H3/t11-,14-,15-/m1/s1. The Bertz CT molecular complexity index is 346. The van der Waals surface area contributed by atoms with Crippen molar-refractivity contribution in [3.8, 4) is 0 Å². The number of aliphatic hydroxyl groups excluding tert-OH is 1. The summed E-state index contributed by atoms with van der Waals surface area (Å²) < 4.78 is 0. The summed E-state index contributed by atoms with van der Waals surface area (Å²) in [4.78, 5) is 0. The van der Waals surface area contributed by atoms with Crippen molar-refractivity contribution >= 4 is 0 Å². The van der Waals surface area contributed by atoms with E-state index in [-0.39, 0.29) is 11.5 Å². The van der Waals surface area contributed by atoms with E-state index in [9.17, 15) is 5.11 Å². The van der Waals surface area contributed by atoms with E-state index in [4.69, 9.17) is 0 Å². The predicted octanol–water partition coefficient (Wildman–Crippen LogP) is 3.84. The Morgan fingerprint density at radius 3 is 2.75 bits per heavy atom. The van der Waals surface area contributed by atoms with Crippen molar-refractivity contribution in [2.24, 2.45) is 11.3 Å². The van der Waals surface area contributed by atoms with E-state index in [2.05, 4.69) is 33.8 Å². The van der Waals surface area contributed by atoms with Crippen LogP contribution in [0.5, 0.6) is 0 Å². The summed E-state index contributed by atoms with van der Waals surface area (Å²) in [6.45, 7) is 8.88. The van der Waals surface area contributed by atoms with Crippen molar-refractivity contribution in [3.63, 3.8) is 0 Å². The fourth-order valence-electron chi connectivity index (χ4n) is 3.51. The Hall–Kier alpha value is -0.560. The highest BCUT2D eigenvalue weighted by Crippen LogP contribution is 2.50. The molecule has 16 heavy (non-hydrogen) atoms. The normalized spacial score (nSPS) is 39.1. The first kappa shape index (κ1) is 11.9. The Balaban J connectivity index is 2.45. The Morgan fingerprint density at radius 1 is 1.44 bits per heavy atom. The quantitative estimate of drug-likeness (QED) is 0.657. The van der Waals surface area contributed by atoms with Gasteiger partial charge in [-0.15, -0.1) is 0 Å². The largest absolute Gasteiger partial charge is 0.388 e. The summed E-state index contributed by atoms with van der Waals surface area (Å²) in [5.41, 5.74) is 4.28. The molecule has 1 N–H and O–H groups in total. The molecule has 0 radical (unpaired) electrons. The van der Waals surface area contributed by atoms with Gasteiger partial charge in [0, 0.05) is 0 Å². The maximum Gasteiger partial charge on any atom is 0.0797 e. The minimum Gasteiger partial charge on any atom is -0.388 e. The highest BCUT2D eigenvalue weighted by molar-refractivity contribution is 5.39. The molecule has 0 bridgehead atoms. The highest BCUT2D eigenvalue weighted by Gasteiger charge is 2.40. The highest BCUT2D eigenvalue weighted by atomic mass is 16.3. The minimum absolute atomic E-state index is 0.246. The zero-order valence-electron chi connectivity index (χ0n) is 11.0. The average molecular weight is 220 g/mol. The lowest BCUT2D eigenvalue weighted by Gasteiger charge is -2.45.